The van der Waals surface area contributed by atoms with Crippen LogP contribution in [-0.2, 0) is 11.2 Å². The molecule has 3 aliphatic rings. The standard InChI is InChI=1S/C21H30N2O3/c1-23(17-4-2-3-5-17)13-20(25)22-21(16-11-18(24)12-16)15-6-7-19-14(10-15)8-9-26-19/h6-7,10,16-18,21,24H,2-5,8-9,11-13H2,1H3,(H,22,25). The Kier molecular flexibility index (Phi) is 5.18. The fraction of sp³-hybridized carbons (Fsp3) is 0.667. The van der Waals surface area contributed by atoms with Crippen LogP contribution in [0.4, 0.5) is 0 Å². The lowest BCUT2D eigenvalue weighted by Gasteiger charge is -2.38. The van der Waals surface area contributed by atoms with Gasteiger partial charge in [-0.15, -0.1) is 0 Å². The van der Waals surface area contributed by atoms with Crippen LogP contribution >= 0.6 is 0 Å². The number of nitrogens with one attached hydrogen (secondary N) is 1. The lowest BCUT2D eigenvalue weighted by atomic mass is 9.75. The van der Waals surface area contributed by atoms with Gasteiger partial charge in [0.1, 0.15) is 5.75 Å². The van der Waals surface area contributed by atoms with Crippen molar-refractivity contribution in [2.45, 2.75) is 63.1 Å². The molecule has 0 spiro atoms. The average molecular weight is 358 g/mol. The van der Waals surface area contributed by atoms with Crippen molar-refractivity contribution >= 4 is 5.91 Å². The van der Waals surface area contributed by atoms with Crippen LogP contribution in [0.3, 0.4) is 0 Å². The molecule has 1 aliphatic heterocycles. The van der Waals surface area contributed by atoms with Gasteiger partial charge in [-0.25, -0.2) is 0 Å². The van der Waals surface area contributed by atoms with Crippen molar-refractivity contribution in [2.24, 2.45) is 5.92 Å². The van der Waals surface area contributed by atoms with E-state index >= 15 is 0 Å². The summed E-state index contributed by atoms with van der Waals surface area (Å²) in [5.41, 5.74) is 2.37. The molecule has 26 heavy (non-hydrogen) atoms. The maximum Gasteiger partial charge on any atom is 0.234 e. The van der Waals surface area contributed by atoms with Crippen LogP contribution in [-0.4, -0.2) is 48.3 Å². The summed E-state index contributed by atoms with van der Waals surface area (Å²) in [5, 5.41) is 13.0. The number of ether oxygens (including phenoxy) is 1. The minimum absolute atomic E-state index is 0.0196. The summed E-state index contributed by atoms with van der Waals surface area (Å²) in [7, 11) is 2.06. The van der Waals surface area contributed by atoms with E-state index in [4.69, 9.17) is 4.74 Å². The molecule has 4 rings (SSSR count). The summed E-state index contributed by atoms with van der Waals surface area (Å²) >= 11 is 0. The number of benzene rings is 1. The monoisotopic (exact) mass is 358 g/mol. The Morgan fingerprint density at radius 1 is 1.35 bits per heavy atom. The number of nitrogens with zero attached hydrogens (tertiary/aromatic N) is 1. The minimum Gasteiger partial charge on any atom is -0.493 e. The van der Waals surface area contributed by atoms with Gasteiger partial charge in [0.2, 0.25) is 5.91 Å². The predicted octanol–water partition coefficient (Wildman–Crippen LogP) is 2.42. The molecular formula is C21H30N2O3. The molecule has 1 heterocycles. The third-order valence-electron chi connectivity index (χ3n) is 6.35. The second kappa shape index (κ2) is 7.57. The second-order valence-corrected chi connectivity index (χ2v) is 8.25. The molecule has 142 valence electrons. The summed E-state index contributed by atoms with van der Waals surface area (Å²) in [5.74, 6) is 1.36. The zero-order valence-corrected chi connectivity index (χ0v) is 15.6. The van der Waals surface area contributed by atoms with Gasteiger partial charge in [0.05, 0.1) is 25.3 Å². The summed E-state index contributed by atoms with van der Waals surface area (Å²) < 4.78 is 5.61. The highest BCUT2D eigenvalue weighted by Crippen LogP contribution is 2.39. The van der Waals surface area contributed by atoms with Gasteiger partial charge in [0, 0.05) is 12.5 Å². The van der Waals surface area contributed by atoms with Crippen molar-refractivity contribution in [1.29, 1.82) is 0 Å². The van der Waals surface area contributed by atoms with Crippen LogP contribution in [0.5, 0.6) is 5.75 Å². The minimum atomic E-state index is -0.224. The summed E-state index contributed by atoms with van der Waals surface area (Å²) in [6.07, 6.45) is 7.18. The number of carbonyl (C=O) groups excluding carboxylic acids is 1. The van der Waals surface area contributed by atoms with E-state index in [9.17, 15) is 9.90 Å². The molecule has 1 aromatic carbocycles. The molecule has 2 N–H and O–H groups in total. The number of hydrogen-bond acceptors (Lipinski definition) is 4. The molecule has 2 fully saturated rings. The maximum absolute atomic E-state index is 12.7. The number of likely N-dealkylation sites (N-methyl/N-ethyl adjacent to an activating group) is 1. The quantitative estimate of drug-likeness (QED) is 0.820. The number of hydrogen-bond donors (Lipinski definition) is 2. The Labute approximate surface area is 155 Å². The van der Waals surface area contributed by atoms with Gasteiger partial charge in [0.15, 0.2) is 0 Å². The van der Waals surface area contributed by atoms with Crippen molar-refractivity contribution in [2.75, 3.05) is 20.2 Å². The van der Waals surface area contributed by atoms with Crippen molar-refractivity contribution in [3.05, 3.63) is 29.3 Å². The number of fused-ring (bicyclic) bond motifs is 1. The molecular weight excluding hydrogens is 328 g/mol. The highest BCUT2D eigenvalue weighted by molar-refractivity contribution is 5.78. The fourth-order valence-electron chi connectivity index (χ4n) is 4.70. The molecule has 0 aromatic heterocycles. The van der Waals surface area contributed by atoms with Gasteiger partial charge in [-0.3, -0.25) is 9.69 Å². The van der Waals surface area contributed by atoms with Gasteiger partial charge in [0.25, 0.3) is 0 Å². The largest absolute Gasteiger partial charge is 0.493 e. The van der Waals surface area contributed by atoms with E-state index in [1.165, 1.54) is 31.2 Å². The van der Waals surface area contributed by atoms with E-state index in [0.717, 1.165) is 37.2 Å². The van der Waals surface area contributed by atoms with Crippen LogP contribution in [0.25, 0.3) is 0 Å². The normalized spacial score (nSPS) is 26.3. The first-order chi connectivity index (χ1) is 12.6. The van der Waals surface area contributed by atoms with Crippen molar-refractivity contribution in [3.8, 4) is 5.75 Å². The lowest BCUT2D eigenvalue weighted by molar-refractivity contribution is -0.124. The lowest BCUT2D eigenvalue weighted by Crippen LogP contribution is -2.45. The molecule has 5 heteroatoms. The Morgan fingerprint density at radius 3 is 2.85 bits per heavy atom. The van der Waals surface area contributed by atoms with Gasteiger partial charge >= 0.3 is 0 Å². The fourth-order valence-corrected chi connectivity index (χ4v) is 4.70. The molecule has 1 amide bonds. The molecule has 0 bridgehead atoms. The SMILES string of the molecule is CN(CC(=O)NC(c1ccc2c(c1)CCO2)C1CC(O)C1)C1CCCC1. The van der Waals surface area contributed by atoms with E-state index in [1.807, 2.05) is 6.07 Å². The third kappa shape index (κ3) is 3.74. The van der Waals surface area contributed by atoms with Gasteiger partial charge < -0.3 is 15.2 Å². The number of carbonyl (C=O) groups is 1. The topological polar surface area (TPSA) is 61.8 Å². The smallest absolute Gasteiger partial charge is 0.234 e. The van der Waals surface area contributed by atoms with Crippen LogP contribution in [0.15, 0.2) is 18.2 Å². The number of amides is 1. The molecule has 1 aromatic rings. The summed E-state index contributed by atoms with van der Waals surface area (Å²) in [6.45, 7) is 1.19. The van der Waals surface area contributed by atoms with Crippen molar-refractivity contribution < 1.29 is 14.6 Å². The van der Waals surface area contributed by atoms with E-state index in [0.29, 0.717) is 18.5 Å². The first kappa shape index (κ1) is 17.8. The zero-order valence-electron chi connectivity index (χ0n) is 15.6. The molecule has 1 atom stereocenters. The molecule has 5 nitrogen and oxygen atoms in total. The molecule has 0 radical (unpaired) electrons. The van der Waals surface area contributed by atoms with Gasteiger partial charge in [-0.1, -0.05) is 18.9 Å². The Hall–Kier alpha value is -1.59. The van der Waals surface area contributed by atoms with Crippen molar-refractivity contribution in [3.63, 3.8) is 0 Å². The maximum atomic E-state index is 12.7. The number of aliphatic hydroxyl groups is 1. The molecule has 2 saturated carbocycles. The molecule has 0 saturated heterocycles. The van der Waals surface area contributed by atoms with Crippen LogP contribution in [0.1, 0.15) is 55.7 Å². The highest BCUT2D eigenvalue weighted by Gasteiger charge is 2.36. The van der Waals surface area contributed by atoms with E-state index in [-0.39, 0.29) is 18.1 Å². The molecule has 2 aliphatic carbocycles. The first-order valence-corrected chi connectivity index (χ1v) is 10.0. The van der Waals surface area contributed by atoms with E-state index < -0.39 is 0 Å². The summed E-state index contributed by atoms with van der Waals surface area (Å²) in [4.78, 5) is 14.9. The highest BCUT2D eigenvalue weighted by atomic mass is 16.5. The molecule has 1 unspecified atom stereocenters. The predicted molar refractivity (Wildman–Crippen MR) is 100 cm³/mol. The third-order valence-corrected chi connectivity index (χ3v) is 6.35. The zero-order chi connectivity index (χ0) is 18.1. The Morgan fingerprint density at radius 2 is 2.12 bits per heavy atom. The Bertz CT molecular complexity index is 651. The number of rotatable bonds is 6. The summed E-state index contributed by atoms with van der Waals surface area (Å²) in [6, 6.07) is 6.80. The van der Waals surface area contributed by atoms with Gasteiger partial charge in [-0.05, 0) is 61.9 Å². The Balaban J connectivity index is 1.44. The average Bonchev–Trinajstić information content (AvgIpc) is 3.27. The number of aliphatic hydroxyl groups excluding tert-OH is 1. The second-order valence-electron chi connectivity index (χ2n) is 8.25. The van der Waals surface area contributed by atoms with E-state index in [2.05, 4.69) is 29.4 Å². The van der Waals surface area contributed by atoms with Crippen LogP contribution in [0.2, 0.25) is 0 Å². The van der Waals surface area contributed by atoms with E-state index in [1.54, 1.807) is 0 Å². The van der Waals surface area contributed by atoms with Crippen LogP contribution in [0, 0.1) is 5.92 Å². The van der Waals surface area contributed by atoms with Crippen LogP contribution < -0.4 is 10.1 Å². The first-order valence-electron chi connectivity index (χ1n) is 10.0. The van der Waals surface area contributed by atoms with Gasteiger partial charge in [-0.2, -0.15) is 0 Å². The van der Waals surface area contributed by atoms with Crippen molar-refractivity contribution in [1.82, 2.24) is 10.2 Å².